The zero-order chi connectivity index (χ0) is 13.5. The molecule has 1 aromatic carbocycles. The van der Waals surface area contributed by atoms with Gasteiger partial charge in [0.2, 0.25) is 0 Å². The molecule has 0 amide bonds. The maximum Gasteiger partial charge on any atom is 0.0642 e. The van der Waals surface area contributed by atoms with Crippen LogP contribution in [-0.2, 0) is 6.54 Å². The molecule has 0 unspecified atom stereocenters. The molecule has 0 radical (unpaired) electrons. The van der Waals surface area contributed by atoms with Crippen molar-refractivity contribution in [3.8, 4) is 0 Å². The van der Waals surface area contributed by atoms with Crippen molar-refractivity contribution in [3.63, 3.8) is 0 Å². The lowest BCUT2D eigenvalue weighted by Gasteiger charge is -2.26. The quantitative estimate of drug-likeness (QED) is 0.800. The average Bonchev–Trinajstić information content (AvgIpc) is 2.34. The predicted octanol–water partition coefficient (Wildman–Crippen LogP) is 2.66. The largest absolute Gasteiger partial charge is 0.395 e. The second kappa shape index (κ2) is 7.62. The summed E-state index contributed by atoms with van der Waals surface area (Å²) in [6.07, 6.45) is 0. The van der Waals surface area contributed by atoms with E-state index in [4.69, 9.17) is 16.7 Å². The van der Waals surface area contributed by atoms with Gasteiger partial charge in [0, 0.05) is 25.7 Å². The van der Waals surface area contributed by atoms with Gasteiger partial charge in [-0.1, -0.05) is 37.6 Å². The van der Waals surface area contributed by atoms with Gasteiger partial charge in [-0.25, -0.2) is 0 Å². The number of benzene rings is 1. The van der Waals surface area contributed by atoms with Gasteiger partial charge in [-0.2, -0.15) is 0 Å². The molecule has 0 heterocycles. The van der Waals surface area contributed by atoms with Gasteiger partial charge in [-0.05, 0) is 18.6 Å². The predicted molar refractivity (Wildman–Crippen MR) is 78.4 cm³/mol. The van der Waals surface area contributed by atoms with Gasteiger partial charge < -0.3 is 15.3 Å². The molecule has 2 N–H and O–H groups in total. The maximum atomic E-state index is 9.13. The molecule has 0 aliphatic rings. The fraction of sp³-hybridized carbons (Fsp3) is 0.571. The number of halogens is 1. The highest BCUT2D eigenvalue weighted by molar-refractivity contribution is 6.33. The summed E-state index contributed by atoms with van der Waals surface area (Å²) in [5, 5.41) is 13.3. The molecule has 0 fully saturated rings. The summed E-state index contributed by atoms with van der Waals surface area (Å²) in [7, 11) is 0. The van der Waals surface area contributed by atoms with Gasteiger partial charge >= 0.3 is 0 Å². The number of hydrogen-bond donors (Lipinski definition) is 2. The van der Waals surface area contributed by atoms with Crippen molar-refractivity contribution >= 4 is 17.3 Å². The third-order valence-corrected chi connectivity index (χ3v) is 3.14. The summed E-state index contributed by atoms with van der Waals surface area (Å²) in [4.78, 5) is 2.11. The van der Waals surface area contributed by atoms with E-state index in [1.807, 2.05) is 12.1 Å². The third kappa shape index (κ3) is 4.16. The van der Waals surface area contributed by atoms with Crippen LogP contribution in [0.4, 0.5) is 5.69 Å². The molecule has 0 bridgehead atoms. The number of nitrogens with zero attached hydrogens (tertiary/aromatic N) is 1. The first kappa shape index (κ1) is 15.3. The third-order valence-electron chi connectivity index (χ3n) is 2.84. The number of aliphatic hydroxyl groups excluding tert-OH is 1. The van der Waals surface area contributed by atoms with Crippen LogP contribution < -0.4 is 10.2 Å². The number of nitrogens with one attached hydrogen (secondary N) is 1. The Bertz CT molecular complexity index is 369. The summed E-state index contributed by atoms with van der Waals surface area (Å²) in [5.41, 5.74) is 2.20. The van der Waals surface area contributed by atoms with Crippen molar-refractivity contribution in [1.82, 2.24) is 5.32 Å². The van der Waals surface area contributed by atoms with E-state index < -0.39 is 0 Å². The first-order chi connectivity index (χ1) is 8.60. The highest BCUT2D eigenvalue weighted by Crippen LogP contribution is 2.29. The van der Waals surface area contributed by atoms with Gasteiger partial charge in [0.05, 0.1) is 17.3 Å². The van der Waals surface area contributed by atoms with E-state index in [9.17, 15) is 0 Å². The van der Waals surface area contributed by atoms with Crippen molar-refractivity contribution in [2.75, 3.05) is 24.6 Å². The summed E-state index contributed by atoms with van der Waals surface area (Å²) in [6, 6.07) is 6.38. The molecule has 0 saturated heterocycles. The fourth-order valence-electron chi connectivity index (χ4n) is 1.92. The van der Waals surface area contributed by atoms with Crippen LogP contribution in [0.15, 0.2) is 18.2 Å². The summed E-state index contributed by atoms with van der Waals surface area (Å²) >= 11 is 6.30. The smallest absolute Gasteiger partial charge is 0.0642 e. The number of rotatable bonds is 7. The molecule has 3 nitrogen and oxygen atoms in total. The van der Waals surface area contributed by atoms with Crippen LogP contribution in [0.5, 0.6) is 0 Å². The van der Waals surface area contributed by atoms with Crippen LogP contribution in [0, 0.1) is 0 Å². The second-order valence-electron chi connectivity index (χ2n) is 4.59. The van der Waals surface area contributed by atoms with Crippen molar-refractivity contribution < 1.29 is 5.11 Å². The second-order valence-corrected chi connectivity index (χ2v) is 4.99. The SMILES string of the molecule is CCN(CCO)c1c(Cl)cccc1CNC(C)C. The first-order valence-corrected chi connectivity index (χ1v) is 6.84. The Labute approximate surface area is 115 Å². The Hall–Kier alpha value is -0.770. The Kier molecular flexibility index (Phi) is 6.47. The van der Waals surface area contributed by atoms with Crippen LogP contribution in [0.25, 0.3) is 0 Å². The summed E-state index contributed by atoms with van der Waals surface area (Å²) in [6.45, 7) is 8.67. The van der Waals surface area contributed by atoms with E-state index >= 15 is 0 Å². The Balaban J connectivity index is 2.98. The zero-order valence-electron chi connectivity index (χ0n) is 11.4. The van der Waals surface area contributed by atoms with E-state index in [1.165, 1.54) is 5.56 Å². The van der Waals surface area contributed by atoms with E-state index in [1.54, 1.807) is 0 Å². The normalized spacial score (nSPS) is 11.0. The zero-order valence-corrected chi connectivity index (χ0v) is 12.2. The van der Waals surface area contributed by atoms with E-state index in [0.29, 0.717) is 12.6 Å². The van der Waals surface area contributed by atoms with E-state index in [0.717, 1.165) is 23.8 Å². The molecular formula is C14H23ClN2O. The highest BCUT2D eigenvalue weighted by atomic mass is 35.5. The molecule has 0 aliphatic carbocycles. The number of anilines is 1. The molecule has 0 atom stereocenters. The number of para-hydroxylation sites is 1. The van der Waals surface area contributed by atoms with Crippen LogP contribution >= 0.6 is 11.6 Å². The molecule has 0 aliphatic heterocycles. The minimum Gasteiger partial charge on any atom is -0.395 e. The monoisotopic (exact) mass is 270 g/mol. The topological polar surface area (TPSA) is 35.5 Å². The molecule has 1 rings (SSSR count). The average molecular weight is 271 g/mol. The number of likely N-dealkylation sites (N-methyl/N-ethyl adjacent to an activating group) is 1. The van der Waals surface area contributed by atoms with Crippen molar-refractivity contribution in [2.24, 2.45) is 0 Å². The molecule has 1 aromatic rings. The lowest BCUT2D eigenvalue weighted by molar-refractivity contribution is 0.302. The maximum absolute atomic E-state index is 9.13. The molecule has 0 spiro atoms. The summed E-state index contributed by atoms with van der Waals surface area (Å²) in [5.74, 6) is 0. The molecule has 4 heteroatoms. The van der Waals surface area contributed by atoms with Crippen molar-refractivity contribution in [1.29, 1.82) is 0 Å². The van der Waals surface area contributed by atoms with E-state index in [2.05, 4.69) is 37.1 Å². The van der Waals surface area contributed by atoms with Crippen LogP contribution in [0.1, 0.15) is 26.3 Å². The molecule has 0 aromatic heterocycles. The molecule has 0 saturated carbocycles. The summed E-state index contributed by atoms with van der Waals surface area (Å²) < 4.78 is 0. The van der Waals surface area contributed by atoms with Crippen LogP contribution in [0.2, 0.25) is 5.02 Å². The minimum absolute atomic E-state index is 0.135. The van der Waals surface area contributed by atoms with Gasteiger partial charge in [0.25, 0.3) is 0 Å². The van der Waals surface area contributed by atoms with Gasteiger partial charge in [0.15, 0.2) is 0 Å². The molecule has 102 valence electrons. The first-order valence-electron chi connectivity index (χ1n) is 6.46. The Morgan fingerprint density at radius 1 is 1.39 bits per heavy atom. The minimum atomic E-state index is 0.135. The van der Waals surface area contributed by atoms with Gasteiger partial charge in [0.1, 0.15) is 0 Å². The van der Waals surface area contributed by atoms with E-state index in [-0.39, 0.29) is 6.61 Å². The Morgan fingerprint density at radius 3 is 2.67 bits per heavy atom. The number of hydrogen-bond acceptors (Lipinski definition) is 3. The molecule has 18 heavy (non-hydrogen) atoms. The van der Waals surface area contributed by atoms with Crippen molar-refractivity contribution in [2.45, 2.75) is 33.4 Å². The molecular weight excluding hydrogens is 248 g/mol. The van der Waals surface area contributed by atoms with Gasteiger partial charge in [-0.3, -0.25) is 0 Å². The van der Waals surface area contributed by atoms with Crippen LogP contribution in [-0.4, -0.2) is 30.8 Å². The van der Waals surface area contributed by atoms with Gasteiger partial charge in [-0.15, -0.1) is 0 Å². The van der Waals surface area contributed by atoms with Crippen molar-refractivity contribution in [3.05, 3.63) is 28.8 Å². The Morgan fingerprint density at radius 2 is 2.11 bits per heavy atom. The highest BCUT2D eigenvalue weighted by Gasteiger charge is 2.13. The lowest BCUT2D eigenvalue weighted by Crippen LogP contribution is -2.29. The fourth-order valence-corrected chi connectivity index (χ4v) is 2.23. The van der Waals surface area contributed by atoms with Crippen LogP contribution in [0.3, 0.4) is 0 Å². The number of aliphatic hydroxyl groups is 1. The standard InChI is InChI=1S/C14H23ClN2O/c1-4-17(8-9-18)14-12(10-16-11(2)3)6-5-7-13(14)15/h5-7,11,16,18H,4,8-10H2,1-3H3. The lowest BCUT2D eigenvalue weighted by atomic mass is 10.1.